The fraction of sp³-hybridized carbons (Fsp3) is 0.625. The number of nitrogens with zero attached hydrogens (tertiary/aromatic N) is 3. The number of aryl methyl sites for hydroxylation is 2. The Balaban J connectivity index is 1.16. The van der Waals surface area contributed by atoms with Gasteiger partial charge in [-0.3, -0.25) is 4.79 Å². The molecular weight excluding hydrogens is 458 g/mol. The summed E-state index contributed by atoms with van der Waals surface area (Å²) in [4.78, 5) is 14.4. The molecule has 2 fully saturated rings. The molecule has 3 heterocycles. The van der Waals surface area contributed by atoms with Crippen molar-refractivity contribution in [1.82, 2.24) is 13.5 Å². The minimum atomic E-state index is -3.57. The first-order chi connectivity index (χ1) is 16.3. The zero-order valence-electron chi connectivity index (χ0n) is 19.9. The Bertz CT molecular complexity index is 1140. The number of benzene rings is 1. The van der Waals surface area contributed by atoms with Crippen LogP contribution >= 0.6 is 0 Å². The van der Waals surface area contributed by atoms with Crippen molar-refractivity contribution in [3.05, 3.63) is 29.5 Å². The average Bonchev–Trinajstić information content (AvgIpc) is 3.20. The molecule has 0 radical (unpaired) electrons. The Morgan fingerprint density at radius 3 is 2.47 bits per heavy atom. The van der Waals surface area contributed by atoms with E-state index in [-0.39, 0.29) is 37.8 Å². The van der Waals surface area contributed by atoms with Crippen molar-refractivity contribution in [2.75, 3.05) is 45.9 Å². The average molecular weight is 492 g/mol. The molecule has 1 aromatic carbocycles. The lowest BCUT2D eigenvalue weighted by Crippen LogP contribution is -2.58. The number of morpholine rings is 1. The van der Waals surface area contributed by atoms with E-state index in [9.17, 15) is 13.2 Å². The summed E-state index contributed by atoms with van der Waals surface area (Å²) in [6.45, 7) is 5.66. The van der Waals surface area contributed by atoms with Crippen LogP contribution in [0.1, 0.15) is 38.0 Å². The van der Waals surface area contributed by atoms with E-state index in [1.807, 2.05) is 32.0 Å². The van der Waals surface area contributed by atoms with Gasteiger partial charge in [-0.05, 0) is 51.3 Å². The molecule has 2 saturated heterocycles. The van der Waals surface area contributed by atoms with Crippen LogP contribution in [0.3, 0.4) is 0 Å². The Labute approximate surface area is 200 Å². The maximum absolute atomic E-state index is 13.1. The van der Waals surface area contributed by atoms with Gasteiger partial charge < -0.3 is 18.8 Å². The van der Waals surface area contributed by atoms with Crippen LogP contribution in [0, 0.1) is 0 Å². The molecule has 5 rings (SSSR count). The van der Waals surface area contributed by atoms with Crippen LogP contribution in [0.2, 0.25) is 0 Å². The van der Waals surface area contributed by atoms with Crippen molar-refractivity contribution in [3.8, 4) is 5.75 Å². The molecule has 2 unspecified atom stereocenters. The fourth-order valence-electron chi connectivity index (χ4n) is 5.22. The molecule has 10 heteroatoms. The van der Waals surface area contributed by atoms with Gasteiger partial charge in [0, 0.05) is 56.6 Å². The van der Waals surface area contributed by atoms with Gasteiger partial charge in [-0.2, -0.15) is 17.0 Å². The first-order valence-electron chi connectivity index (χ1n) is 12.2. The lowest BCUT2D eigenvalue weighted by molar-refractivity contribution is -0.134. The second-order valence-corrected chi connectivity index (χ2v) is 11.4. The summed E-state index contributed by atoms with van der Waals surface area (Å²) >= 11 is 0. The van der Waals surface area contributed by atoms with Crippen LogP contribution in [-0.2, 0) is 32.6 Å². The molecule has 0 N–H and O–H groups in total. The van der Waals surface area contributed by atoms with Crippen LogP contribution in [0.5, 0.6) is 5.75 Å². The maximum atomic E-state index is 13.1. The SMILES string of the molecule is CC1CN(S(=O)(=O)N2CCN(C(=O)COc3ccc4oc5c(c4c3)CCCC5)CC2)CC(C)O1. The van der Waals surface area contributed by atoms with E-state index in [1.165, 1.54) is 14.2 Å². The molecule has 34 heavy (non-hydrogen) atoms. The van der Waals surface area contributed by atoms with E-state index in [1.54, 1.807) is 4.90 Å². The van der Waals surface area contributed by atoms with Crippen molar-refractivity contribution in [2.24, 2.45) is 0 Å². The first kappa shape index (κ1) is 23.6. The third-order valence-corrected chi connectivity index (χ3v) is 8.89. The lowest BCUT2D eigenvalue weighted by atomic mass is 9.96. The fourth-order valence-corrected chi connectivity index (χ4v) is 6.97. The van der Waals surface area contributed by atoms with Crippen molar-refractivity contribution in [2.45, 2.75) is 51.7 Å². The second-order valence-electron chi connectivity index (χ2n) is 9.52. The monoisotopic (exact) mass is 491 g/mol. The number of piperazine rings is 1. The molecule has 1 amide bonds. The van der Waals surface area contributed by atoms with E-state index in [0.29, 0.717) is 31.9 Å². The van der Waals surface area contributed by atoms with Gasteiger partial charge >= 0.3 is 0 Å². The van der Waals surface area contributed by atoms with Crippen molar-refractivity contribution >= 4 is 27.1 Å². The van der Waals surface area contributed by atoms with Gasteiger partial charge in [0.2, 0.25) is 0 Å². The molecule has 0 spiro atoms. The van der Waals surface area contributed by atoms with E-state index < -0.39 is 10.2 Å². The molecule has 1 aliphatic carbocycles. The third-order valence-electron chi connectivity index (χ3n) is 6.92. The highest BCUT2D eigenvalue weighted by molar-refractivity contribution is 7.86. The zero-order valence-corrected chi connectivity index (χ0v) is 20.7. The highest BCUT2D eigenvalue weighted by Gasteiger charge is 2.37. The number of carbonyl (C=O) groups excluding carboxylic acids is 1. The number of ether oxygens (including phenoxy) is 2. The first-order valence-corrected chi connectivity index (χ1v) is 13.6. The van der Waals surface area contributed by atoms with Crippen LogP contribution in [0.4, 0.5) is 0 Å². The number of hydrogen-bond donors (Lipinski definition) is 0. The molecule has 2 aliphatic heterocycles. The summed E-state index contributed by atoms with van der Waals surface area (Å²) in [6, 6.07) is 5.70. The smallest absolute Gasteiger partial charge is 0.282 e. The normalized spacial score (nSPS) is 24.8. The largest absolute Gasteiger partial charge is 0.484 e. The Hall–Kier alpha value is -2.14. The predicted molar refractivity (Wildman–Crippen MR) is 127 cm³/mol. The molecule has 2 atom stereocenters. The summed E-state index contributed by atoms with van der Waals surface area (Å²) in [5, 5.41) is 1.07. The van der Waals surface area contributed by atoms with Crippen LogP contribution in [0.25, 0.3) is 11.0 Å². The molecule has 0 bridgehead atoms. The maximum Gasteiger partial charge on any atom is 0.282 e. The Morgan fingerprint density at radius 2 is 1.74 bits per heavy atom. The minimum Gasteiger partial charge on any atom is -0.484 e. The van der Waals surface area contributed by atoms with E-state index in [0.717, 1.165) is 42.4 Å². The van der Waals surface area contributed by atoms with E-state index in [4.69, 9.17) is 13.9 Å². The van der Waals surface area contributed by atoms with Crippen molar-refractivity contribution in [1.29, 1.82) is 0 Å². The number of amides is 1. The number of fused-ring (bicyclic) bond motifs is 3. The van der Waals surface area contributed by atoms with E-state index in [2.05, 4.69) is 0 Å². The Morgan fingerprint density at radius 1 is 1.03 bits per heavy atom. The number of hydrogen-bond acceptors (Lipinski definition) is 6. The van der Waals surface area contributed by atoms with Gasteiger partial charge in [-0.1, -0.05) is 0 Å². The summed E-state index contributed by atoms with van der Waals surface area (Å²) in [5.74, 6) is 1.58. The minimum absolute atomic E-state index is 0.0726. The quantitative estimate of drug-likeness (QED) is 0.637. The molecule has 0 saturated carbocycles. The van der Waals surface area contributed by atoms with Crippen LogP contribution in [-0.4, -0.2) is 85.9 Å². The molecule has 2 aromatic rings. The zero-order chi connectivity index (χ0) is 23.9. The van der Waals surface area contributed by atoms with E-state index >= 15 is 0 Å². The van der Waals surface area contributed by atoms with Gasteiger partial charge in [0.1, 0.15) is 17.1 Å². The number of rotatable bonds is 5. The van der Waals surface area contributed by atoms with Crippen molar-refractivity contribution < 1.29 is 27.1 Å². The van der Waals surface area contributed by atoms with Gasteiger partial charge in [0.25, 0.3) is 16.1 Å². The summed E-state index contributed by atoms with van der Waals surface area (Å²) in [6.07, 6.45) is 4.04. The van der Waals surface area contributed by atoms with Gasteiger partial charge in [-0.25, -0.2) is 0 Å². The molecule has 186 valence electrons. The summed E-state index contributed by atoms with van der Waals surface area (Å²) < 4.78 is 46.5. The molecular formula is C24H33N3O6S. The van der Waals surface area contributed by atoms with Gasteiger partial charge in [0.15, 0.2) is 6.61 Å². The van der Waals surface area contributed by atoms with Crippen molar-refractivity contribution in [3.63, 3.8) is 0 Å². The van der Waals surface area contributed by atoms with Crippen LogP contribution < -0.4 is 4.74 Å². The topological polar surface area (TPSA) is 92.5 Å². The number of furan rings is 1. The third kappa shape index (κ3) is 4.68. The molecule has 3 aliphatic rings. The standard InChI is InChI=1S/C24H33N3O6S/c1-17-14-27(15-18(2)32-17)34(29,30)26-11-9-25(10-12-26)24(28)16-31-19-7-8-23-21(13-19)20-5-3-4-6-22(20)33-23/h7-8,13,17-18H,3-6,9-12,14-16H2,1-2H3. The molecule has 1 aromatic heterocycles. The van der Waals surface area contributed by atoms with Gasteiger partial charge in [0.05, 0.1) is 12.2 Å². The second kappa shape index (κ2) is 9.49. The van der Waals surface area contributed by atoms with Gasteiger partial charge in [-0.15, -0.1) is 0 Å². The lowest BCUT2D eigenvalue weighted by Gasteiger charge is -2.40. The molecule has 9 nitrogen and oxygen atoms in total. The highest BCUT2D eigenvalue weighted by atomic mass is 32.2. The summed E-state index contributed by atoms with van der Waals surface area (Å²) in [7, 11) is -3.57. The highest BCUT2D eigenvalue weighted by Crippen LogP contribution is 2.34. The predicted octanol–water partition coefficient (Wildman–Crippen LogP) is 2.19. The number of carbonyl (C=O) groups is 1. The summed E-state index contributed by atoms with van der Waals surface area (Å²) in [5.41, 5.74) is 2.13. The van der Waals surface area contributed by atoms with Crippen LogP contribution in [0.15, 0.2) is 22.6 Å². The Kier molecular flexibility index (Phi) is 6.58.